The van der Waals surface area contributed by atoms with Crippen LogP contribution in [0.5, 0.6) is 5.75 Å². The summed E-state index contributed by atoms with van der Waals surface area (Å²) in [4.78, 5) is 27.8. The molecule has 2 heterocycles. The first-order valence-electron chi connectivity index (χ1n) is 8.61. The molecule has 1 aliphatic rings. The Morgan fingerprint density at radius 1 is 1.08 bits per heavy atom. The summed E-state index contributed by atoms with van der Waals surface area (Å²) < 4.78 is 5.83. The number of rotatable bonds is 3. The molecule has 1 aromatic heterocycles. The topological polar surface area (TPSA) is 59.2 Å². The van der Waals surface area contributed by atoms with Crippen molar-refractivity contribution in [3.8, 4) is 5.75 Å². The molecule has 1 atom stereocenters. The van der Waals surface area contributed by atoms with Gasteiger partial charge in [-0.1, -0.05) is 42.5 Å². The number of aromatic nitrogens is 1. The third-order valence-electron chi connectivity index (χ3n) is 4.85. The van der Waals surface area contributed by atoms with E-state index in [2.05, 4.69) is 17.1 Å². The number of pyridine rings is 1. The van der Waals surface area contributed by atoms with Gasteiger partial charge in [-0.3, -0.25) is 9.59 Å². The van der Waals surface area contributed by atoms with Gasteiger partial charge in [0.25, 0.3) is 5.56 Å². The standard InChI is InChI=1S/C22H19NO3/c1-13-10-14(2)23-22(25)20(13)21(24)16-8-9-17-18(12-26-19(17)11-16)15-6-4-3-5-7-15/h3-11,18H,12H2,1-2H3,(H,23,25). The van der Waals surface area contributed by atoms with E-state index in [1.807, 2.05) is 30.3 Å². The number of ether oxygens (including phenoxy) is 1. The molecule has 4 nitrogen and oxygen atoms in total. The van der Waals surface area contributed by atoms with E-state index in [-0.39, 0.29) is 22.8 Å². The number of aryl methyl sites for hydroxylation is 2. The van der Waals surface area contributed by atoms with Gasteiger partial charge in [0.2, 0.25) is 0 Å². The normalized spacial score (nSPS) is 15.4. The predicted molar refractivity (Wildman–Crippen MR) is 100 cm³/mol. The summed E-state index contributed by atoms with van der Waals surface area (Å²) in [5.74, 6) is 0.601. The van der Waals surface area contributed by atoms with Crippen LogP contribution in [0.2, 0.25) is 0 Å². The largest absolute Gasteiger partial charge is 0.492 e. The van der Waals surface area contributed by atoms with Gasteiger partial charge in [0.05, 0.1) is 12.2 Å². The fraction of sp³-hybridized carbons (Fsp3) is 0.182. The molecular formula is C22H19NO3. The second-order valence-electron chi connectivity index (χ2n) is 6.70. The number of fused-ring (bicyclic) bond motifs is 1. The molecule has 130 valence electrons. The zero-order valence-corrected chi connectivity index (χ0v) is 14.7. The maximum Gasteiger partial charge on any atom is 0.259 e. The maximum atomic E-state index is 12.9. The van der Waals surface area contributed by atoms with Crippen molar-refractivity contribution in [1.82, 2.24) is 4.98 Å². The molecule has 0 bridgehead atoms. The van der Waals surface area contributed by atoms with Crippen molar-refractivity contribution in [2.24, 2.45) is 0 Å². The van der Waals surface area contributed by atoms with Gasteiger partial charge in [-0.15, -0.1) is 0 Å². The van der Waals surface area contributed by atoms with Gasteiger partial charge in [0.1, 0.15) is 5.75 Å². The molecule has 4 heteroatoms. The van der Waals surface area contributed by atoms with Crippen molar-refractivity contribution in [3.63, 3.8) is 0 Å². The Morgan fingerprint density at radius 2 is 1.85 bits per heavy atom. The number of H-pyrrole nitrogens is 1. The van der Waals surface area contributed by atoms with Gasteiger partial charge in [0, 0.05) is 22.7 Å². The minimum atomic E-state index is -0.351. The van der Waals surface area contributed by atoms with Crippen molar-refractivity contribution in [1.29, 1.82) is 0 Å². The molecule has 0 amide bonds. The van der Waals surface area contributed by atoms with E-state index < -0.39 is 0 Å². The van der Waals surface area contributed by atoms with E-state index in [1.54, 1.807) is 26.0 Å². The van der Waals surface area contributed by atoms with E-state index in [0.717, 1.165) is 11.3 Å². The molecule has 0 fully saturated rings. The summed E-state index contributed by atoms with van der Waals surface area (Å²) in [6.45, 7) is 4.14. The number of nitrogens with one attached hydrogen (secondary N) is 1. The van der Waals surface area contributed by atoms with Crippen LogP contribution in [0.3, 0.4) is 0 Å². The molecule has 2 aromatic carbocycles. The van der Waals surface area contributed by atoms with Crippen molar-refractivity contribution < 1.29 is 9.53 Å². The Labute approximate surface area is 151 Å². The smallest absolute Gasteiger partial charge is 0.259 e. The van der Waals surface area contributed by atoms with Crippen LogP contribution in [0.1, 0.15) is 44.2 Å². The fourth-order valence-electron chi connectivity index (χ4n) is 3.59. The van der Waals surface area contributed by atoms with Crippen LogP contribution in [-0.2, 0) is 0 Å². The zero-order valence-electron chi connectivity index (χ0n) is 14.7. The summed E-state index contributed by atoms with van der Waals surface area (Å²) in [5, 5.41) is 0. The van der Waals surface area contributed by atoms with Crippen LogP contribution in [0.4, 0.5) is 0 Å². The molecular weight excluding hydrogens is 326 g/mol. The highest BCUT2D eigenvalue weighted by atomic mass is 16.5. The molecule has 4 rings (SSSR count). The Hall–Kier alpha value is -3.14. The Kier molecular flexibility index (Phi) is 3.96. The molecule has 26 heavy (non-hydrogen) atoms. The highest BCUT2D eigenvalue weighted by Crippen LogP contribution is 2.38. The van der Waals surface area contributed by atoms with Crippen molar-refractivity contribution in [2.45, 2.75) is 19.8 Å². The van der Waals surface area contributed by atoms with Gasteiger partial charge in [0.15, 0.2) is 5.78 Å². The molecule has 0 radical (unpaired) electrons. The van der Waals surface area contributed by atoms with Crippen LogP contribution in [-0.4, -0.2) is 17.4 Å². The first kappa shape index (κ1) is 16.3. The van der Waals surface area contributed by atoms with Crippen LogP contribution in [0.15, 0.2) is 59.4 Å². The van der Waals surface area contributed by atoms with Gasteiger partial charge < -0.3 is 9.72 Å². The van der Waals surface area contributed by atoms with Crippen molar-refractivity contribution in [3.05, 3.63) is 98.5 Å². The number of carbonyl (C=O) groups excluding carboxylic acids is 1. The number of hydrogen-bond donors (Lipinski definition) is 1. The zero-order chi connectivity index (χ0) is 18.3. The lowest BCUT2D eigenvalue weighted by atomic mass is 9.91. The van der Waals surface area contributed by atoms with Crippen LogP contribution in [0.25, 0.3) is 0 Å². The minimum Gasteiger partial charge on any atom is -0.492 e. The number of benzene rings is 2. The Morgan fingerprint density at radius 3 is 2.58 bits per heavy atom. The molecule has 1 N–H and O–H groups in total. The number of hydrogen-bond acceptors (Lipinski definition) is 3. The lowest BCUT2D eigenvalue weighted by Gasteiger charge is -2.10. The van der Waals surface area contributed by atoms with Gasteiger partial charge in [-0.05, 0) is 37.1 Å². The van der Waals surface area contributed by atoms with E-state index in [1.165, 1.54) is 5.56 Å². The van der Waals surface area contributed by atoms with E-state index in [9.17, 15) is 9.59 Å². The van der Waals surface area contributed by atoms with Gasteiger partial charge >= 0.3 is 0 Å². The van der Waals surface area contributed by atoms with Crippen molar-refractivity contribution >= 4 is 5.78 Å². The summed E-state index contributed by atoms with van der Waals surface area (Å²) in [7, 11) is 0. The lowest BCUT2D eigenvalue weighted by Crippen LogP contribution is -2.21. The second kappa shape index (κ2) is 6.30. The molecule has 0 saturated carbocycles. The Bertz CT molecular complexity index is 1050. The number of aromatic amines is 1. The minimum absolute atomic E-state index is 0.167. The molecule has 0 spiro atoms. The molecule has 0 aliphatic carbocycles. The molecule has 3 aromatic rings. The monoisotopic (exact) mass is 345 g/mol. The Balaban J connectivity index is 1.71. The van der Waals surface area contributed by atoms with Crippen LogP contribution < -0.4 is 10.3 Å². The SMILES string of the molecule is Cc1cc(C)c(C(=O)c2ccc3c(c2)OCC3c2ccccc2)c(=O)[nH]1. The lowest BCUT2D eigenvalue weighted by molar-refractivity contribution is 0.103. The van der Waals surface area contributed by atoms with Gasteiger partial charge in [-0.25, -0.2) is 0 Å². The molecule has 0 saturated heterocycles. The van der Waals surface area contributed by atoms with Crippen LogP contribution in [0, 0.1) is 13.8 Å². The summed E-state index contributed by atoms with van der Waals surface area (Å²) in [6, 6.07) is 17.5. The average Bonchev–Trinajstić information content (AvgIpc) is 3.04. The van der Waals surface area contributed by atoms with Crippen LogP contribution >= 0.6 is 0 Å². The first-order chi connectivity index (χ1) is 12.5. The molecule has 1 aliphatic heterocycles. The van der Waals surface area contributed by atoms with E-state index >= 15 is 0 Å². The number of ketones is 1. The maximum absolute atomic E-state index is 12.9. The summed E-state index contributed by atoms with van der Waals surface area (Å²) >= 11 is 0. The first-order valence-corrected chi connectivity index (χ1v) is 8.61. The van der Waals surface area contributed by atoms with E-state index in [4.69, 9.17) is 4.74 Å². The van der Waals surface area contributed by atoms with E-state index in [0.29, 0.717) is 23.5 Å². The fourth-order valence-corrected chi connectivity index (χ4v) is 3.59. The average molecular weight is 345 g/mol. The summed E-state index contributed by atoms with van der Waals surface area (Å²) in [6.07, 6.45) is 0. The quantitative estimate of drug-likeness (QED) is 0.736. The highest BCUT2D eigenvalue weighted by molar-refractivity contribution is 6.10. The third kappa shape index (κ3) is 2.73. The van der Waals surface area contributed by atoms with Crippen molar-refractivity contribution in [2.75, 3.05) is 6.61 Å². The second-order valence-corrected chi connectivity index (χ2v) is 6.70. The van der Waals surface area contributed by atoms with Gasteiger partial charge in [-0.2, -0.15) is 0 Å². The summed E-state index contributed by atoms with van der Waals surface area (Å²) in [5.41, 5.74) is 3.99. The predicted octanol–water partition coefficient (Wildman–Crippen LogP) is 3.75. The third-order valence-corrected chi connectivity index (χ3v) is 4.85. The highest BCUT2D eigenvalue weighted by Gasteiger charge is 2.27. The molecule has 1 unspecified atom stereocenters. The number of carbonyl (C=O) groups is 1.